The van der Waals surface area contributed by atoms with E-state index in [1.807, 2.05) is 0 Å². The average molecular weight is 256 g/mol. The number of hydrogen-bond acceptors (Lipinski definition) is 3. The summed E-state index contributed by atoms with van der Waals surface area (Å²) in [5.41, 5.74) is -0.000324. The fraction of sp³-hybridized carbons (Fsp3) is 0. The van der Waals surface area contributed by atoms with E-state index < -0.39 is 28.5 Å². The van der Waals surface area contributed by atoms with Gasteiger partial charge in [-0.2, -0.15) is 8.42 Å². The Labute approximate surface area is 135 Å². The summed E-state index contributed by atoms with van der Waals surface area (Å²) >= 11 is 0. The van der Waals surface area contributed by atoms with Gasteiger partial charge in [0, 0.05) is 68.5 Å². The van der Waals surface area contributed by atoms with Gasteiger partial charge in [-0.1, -0.05) is 12.1 Å². The quantitative estimate of drug-likeness (QED) is 0.620. The van der Waals surface area contributed by atoms with E-state index in [9.17, 15) is 8.42 Å². The minimum absolute atomic E-state index is 0. The number of rotatable bonds is 2. The van der Waals surface area contributed by atoms with E-state index in [1.165, 1.54) is 0 Å². The van der Waals surface area contributed by atoms with E-state index in [0.717, 1.165) is 6.20 Å². The first-order chi connectivity index (χ1) is 8.22. The van der Waals surface area contributed by atoms with Gasteiger partial charge >= 0.3 is 10.4 Å². The second kappa shape index (κ2) is 4.96. The third kappa shape index (κ3) is 3.28. The number of para-hydroxylation sites is 1. The van der Waals surface area contributed by atoms with Gasteiger partial charge in [0.1, 0.15) is 0 Å². The smallest absolute Gasteiger partial charge is 0.360 e. The van der Waals surface area contributed by atoms with Gasteiger partial charge in [0.15, 0.2) is 5.75 Å². The fourth-order valence-corrected chi connectivity index (χ4v) is 1.35. The van der Waals surface area contributed by atoms with Crippen molar-refractivity contribution in [2.45, 2.75) is 0 Å². The summed E-state index contributed by atoms with van der Waals surface area (Å²) in [6.45, 7) is 0. The first kappa shape index (κ1) is 8.23. The summed E-state index contributed by atoms with van der Waals surface area (Å²) in [5, 5.41) is -0.140. The van der Waals surface area contributed by atoms with Crippen molar-refractivity contribution in [3.63, 3.8) is 0 Å². The molecular formula is C8H7KNO4S. The molecule has 1 radical (unpaired) electrons. The van der Waals surface area contributed by atoms with Crippen LogP contribution in [0.2, 0.25) is 0 Å². The Morgan fingerprint density at radius 2 is 2.07 bits per heavy atom. The maximum atomic E-state index is 10.6. The van der Waals surface area contributed by atoms with Crippen molar-refractivity contribution in [2.24, 2.45) is 0 Å². The first-order valence-corrected chi connectivity index (χ1v) is 4.83. The van der Waals surface area contributed by atoms with Crippen molar-refractivity contribution < 1.29 is 22.6 Å². The SMILES string of the molecule is [2H]c1c([2H])c([2H])c2c(OS(=O)(=O)O)c[nH]c2c1[2H].[K]. The molecule has 1 heterocycles. The van der Waals surface area contributed by atoms with Gasteiger partial charge in [0.2, 0.25) is 0 Å². The van der Waals surface area contributed by atoms with Crippen molar-refractivity contribution >= 4 is 72.7 Å². The number of fused-ring (bicyclic) bond motifs is 1. The zero-order valence-electron chi connectivity index (χ0n) is 11.7. The van der Waals surface area contributed by atoms with Crippen molar-refractivity contribution in [2.75, 3.05) is 0 Å². The Kier molecular flexibility index (Phi) is 2.72. The monoisotopic (exact) mass is 256 g/mol. The molecule has 1 aromatic carbocycles. The van der Waals surface area contributed by atoms with E-state index in [4.69, 9.17) is 10.0 Å². The Morgan fingerprint density at radius 1 is 1.40 bits per heavy atom. The van der Waals surface area contributed by atoms with Crippen molar-refractivity contribution in [1.82, 2.24) is 4.98 Å². The minimum Gasteiger partial charge on any atom is -0.360 e. The third-order valence-corrected chi connectivity index (χ3v) is 1.87. The van der Waals surface area contributed by atoms with E-state index in [2.05, 4.69) is 9.17 Å². The predicted octanol–water partition coefficient (Wildman–Crippen LogP) is 0.969. The number of aromatic amines is 1. The van der Waals surface area contributed by atoms with Crippen LogP contribution in [0, 0.1) is 0 Å². The molecule has 0 aliphatic rings. The Hall–Kier alpha value is 0.106. The van der Waals surface area contributed by atoms with Gasteiger partial charge in [-0.25, -0.2) is 0 Å². The second-order valence-corrected chi connectivity index (χ2v) is 3.44. The van der Waals surface area contributed by atoms with Crippen LogP contribution in [0.25, 0.3) is 10.9 Å². The summed E-state index contributed by atoms with van der Waals surface area (Å²) in [6.07, 6.45) is 1.04. The molecule has 5 nitrogen and oxygen atoms in total. The molecule has 0 saturated carbocycles. The topological polar surface area (TPSA) is 79.4 Å². The summed E-state index contributed by atoms with van der Waals surface area (Å²) in [5.74, 6) is -0.389. The Balaban J connectivity index is 0.00000180. The zero-order valence-corrected chi connectivity index (χ0v) is 11.6. The van der Waals surface area contributed by atoms with Crippen LogP contribution in [0.15, 0.2) is 30.4 Å². The van der Waals surface area contributed by atoms with Crippen molar-refractivity contribution in [3.05, 3.63) is 30.4 Å². The molecule has 0 unspecified atom stereocenters. The summed E-state index contributed by atoms with van der Waals surface area (Å²) in [7, 11) is -4.76. The summed E-state index contributed by atoms with van der Waals surface area (Å²) in [6, 6.07) is -1.78. The largest absolute Gasteiger partial charge is 0.446 e. The molecule has 2 aromatic rings. The Bertz CT molecular complexity index is 745. The van der Waals surface area contributed by atoms with E-state index in [1.54, 1.807) is 0 Å². The third-order valence-electron chi connectivity index (χ3n) is 1.48. The average Bonchev–Trinajstić information content (AvgIpc) is 2.65. The van der Waals surface area contributed by atoms with Crippen LogP contribution in [-0.4, -0.2) is 69.3 Å². The normalized spacial score (nSPS) is 14.7. The molecule has 0 saturated heterocycles. The molecule has 7 heteroatoms. The maximum Gasteiger partial charge on any atom is 0.446 e. The molecular weight excluding hydrogens is 245 g/mol. The van der Waals surface area contributed by atoms with Gasteiger partial charge in [-0.3, -0.25) is 4.55 Å². The predicted molar refractivity (Wildman–Crippen MR) is 56.2 cm³/mol. The molecule has 0 aliphatic carbocycles. The molecule has 0 spiro atoms. The molecule has 1 aromatic heterocycles. The Morgan fingerprint density at radius 3 is 2.73 bits per heavy atom. The number of H-pyrrole nitrogens is 1. The summed E-state index contributed by atoms with van der Waals surface area (Å²) in [4.78, 5) is 2.48. The number of aromatic nitrogens is 1. The van der Waals surface area contributed by atoms with E-state index >= 15 is 0 Å². The molecule has 0 fully saturated rings. The van der Waals surface area contributed by atoms with Crippen molar-refractivity contribution in [3.8, 4) is 5.75 Å². The van der Waals surface area contributed by atoms with Crippen LogP contribution < -0.4 is 4.18 Å². The zero-order chi connectivity index (χ0) is 13.7. The van der Waals surface area contributed by atoms with E-state index in [0.29, 0.717) is 0 Å². The summed E-state index contributed by atoms with van der Waals surface area (Å²) < 4.78 is 64.1. The van der Waals surface area contributed by atoms with Crippen LogP contribution >= 0.6 is 0 Å². The van der Waals surface area contributed by atoms with Crippen LogP contribution in [0.4, 0.5) is 0 Å². The number of nitrogens with one attached hydrogen (secondary N) is 1. The van der Waals surface area contributed by atoms with Crippen LogP contribution in [-0.2, 0) is 10.4 Å². The van der Waals surface area contributed by atoms with Gasteiger partial charge < -0.3 is 9.17 Å². The first-order valence-electron chi connectivity index (χ1n) is 5.46. The molecule has 0 bridgehead atoms. The van der Waals surface area contributed by atoms with Crippen LogP contribution in [0.3, 0.4) is 0 Å². The second-order valence-electron chi connectivity index (χ2n) is 2.41. The molecule has 0 amide bonds. The standard InChI is InChI=1S/C8H7NO4S.K/c10-14(11,12)13-8-5-9-7-4-2-1-3-6(7)8;/h1-5,9H,(H,10,11,12);/i1D,2D,3D,4D;. The molecule has 15 heavy (non-hydrogen) atoms. The van der Waals surface area contributed by atoms with Gasteiger partial charge in [0.05, 0.1) is 5.48 Å². The fourth-order valence-electron chi connectivity index (χ4n) is 0.995. The van der Waals surface area contributed by atoms with Crippen LogP contribution in [0.1, 0.15) is 5.48 Å². The van der Waals surface area contributed by atoms with Gasteiger partial charge in [0.25, 0.3) is 0 Å². The van der Waals surface area contributed by atoms with Gasteiger partial charge in [-0.15, -0.1) is 0 Å². The minimum atomic E-state index is -4.76. The molecule has 0 atom stereocenters. The maximum absolute atomic E-state index is 10.6. The van der Waals surface area contributed by atoms with E-state index in [-0.39, 0.29) is 74.1 Å². The number of benzene rings is 1. The van der Waals surface area contributed by atoms with Gasteiger partial charge in [-0.05, 0) is 12.1 Å². The molecule has 2 N–H and O–H groups in total. The van der Waals surface area contributed by atoms with Crippen LogP contribution in [0.5, 0.6) is 5.75 Å². The van der Waals surface area contributed by atoms with Crippen molar-refractivity contribution in [1.29, 1.82) is 0 Å². The molecule has 0 aliphatic heterocycles. The molecule has 2 rings (SSSR count). The molecule has 75 valence electrons. The number of hydrogen-bond donors (Lipinski definition) is 2.